The number of nitrogens with one attached hydrogen (secondary N) is 1. The first-order chi connectivity index (χ1) is 13.8. The molecule has 1 fully saturated rings. The first-order valence-corrected chi connectivity index (χ1v) is 11.3. The number of anilines is 2. The van der Waals surface area contributed by atoms with Crippen LogP contribution in [0.3, 0.4) is 0 Å². The molecule has 1 aliphatic heterocycles. The molecule has 0 spiro atoms. The number of fused-ring (bicyclic) bond motifs is 5. The van der Waals surface area contributed by atoms with Gasteiger partial charge in [0.15, 0.2) is 0 Å². The van der Waals surface area contributed by atoms with Crippen molar-refractivity contribution in [1.29, 1.82) is 0 Å². The largest absolute Gasteiger partial charge is 0.394 e. The van der Waals surface area contributed by atoms with Gasteiger partial charge in [-0.05, 0) is 63.0 Å². The second kappa shape index (κ2) is 7.44. The summed E-state index contributed by atoms with van der Waals surface area (Å²) in [5, 5.41) is 14.0. The Morgan fingerprint density at radius 3 is 2.68 bits per heavy atom. The Kier molecular flexibility index (Phi) is 4.80. The molecule has 4 heterocycles. The van der Waals surface area contributed by atoms with Crippen molar-refractivity contribution in [1.82, 2.24) is 15.0 Å². The number of nitrogens with zero attached hydrogens (tertiary/aromatic N) is 4. The van der Waals surface area contributed by atoms with Gasteiger partial charge in [-0.25, -0.2) is 15.0 Å². The van der Waals surface area contributed by atoms with E-state index in [9.17, 15) is 5.11 Å². The van der Waals surface area contributed by atoms with E-state index >= 15 is 0 Å². The standard InChI is InChI=1S/C21H27N5OS/c1-13(11-27)24-19-18-17(22-12-23-19)16-14-7-3-4-8-15(14)20(25-21(16)28-18)26-9-5-2-6-10-26/h12-13,27H,2-11H2,1H3,(H,22,23,24). The van der Waals surface area contributed by atoms with Crippen LogP contribution in [-0.4, -0.2) is 45.8 Å². The Morgan fingerprint density at radius 1 is 1.11 bits per heavy atom. The predicted octanol–water partition coefficient (Wildman–Crippen LogP) is 3.90. The van der Waals surface area contributed by atoms with Crippen molar-refractivity contribution in [3.8, 4) is 0 Å². The number of aliphatic hydroxyl groups is 1. The molecule has 7 heteroatoms. The van der Waals surface area contributed by atoms with E-state index in [0.29, 0.717) is 0 Å². The van der Waals surface area contributed by atoms with E-state index in [1.165, 1.54) is 54.4 Å². The molecule has 0 radical (unpaired) electrons. The number of piperidine rings is 1. The Bertz CT molecular complexity index is 1010. The number of aliphatic hydroxyl groups excluding tert-OH is 1. The molecule has 0 bridgehead atoms. The zero-order valence-corrected chi connectivity index (χ0v) is 17.2. The molecule has 28 heavy (non-hydrogen) atoms. The number of thiophene rings is 1. The molecule has 5 rings (SSSR count). The van der Waals surface area contributed by atoms with Crippen molar-refractivity contribution in [2.45, 2.75) is 57.9 Å². The smallest absolute Gasteiger partial charge is 0.147 e. The fourth-order valence-corrected chi connectivity index (χ4v) is 5.70. The summed E-state index contributed by atoms with van der Waals surface area (Å²) in [5.74, 6) is 2.03. The maximum atomic E-state index is 9.43. The molecule has 6 nitrogen and oxygen atoms in total. The van der Waals surface area contributed by atoms with E-state index in [2.05, 4.69) is 20.2 Å². The number of hydrogen-bond donors (Lipinski definition) is 2. The molecule has 3 aromatic heterocycles. The summed E-state index contributed by atoms with van der Waals surface area (Å²) in [4.78, 5) is 17.9. The number of aryl methyl sites for hydroxylation is 1. The Labute approximate surface area is 169 Å². The zero-order valence-electron chi connectivity index (χ0n) is 16.4. The molecule has 0 amide bonds. The minimum atomic E-state index is -0.0471. The fraction of sp³-hybridized carbons (Fsp3) is 0.571. The summed E-state index contributed by atoms with van der Waals surface area (Å²) in [5.41, 5.74) is 3.93. The van der Waals surface area contributed by atoms with Gasteiger partial charge in [0.1, 0.15) is 22.8 Å². The van der Waals surface area contributed by atoms with Crippen LogP contribution in [0.4, 0.5) is 11.6 Å². The average molecular weight is 398 g/mol. The number of hydrogen-bond acceptors (Lipinski definition) is 7. The Balaban J connectivity index is 1.72. The highest BCUT2D eigenvalue weighted by Crippen LogP contribution is 2.43. The normalized spacial score (nSPS) is 18.4. The summed E-state index contributed by atoms with van der Waals surface area (Å²) in [7, 11) is 0. The molecule has 3 aromatic rings. The van der Waals surface area contributed by atoms with Crippen molar-refractivity contribution < 1.29 is 5.11 Å². The number of rotatable bonds is 4. The van der Waals surface area contributed by atoms with Crippen LogP contribution in [0.5, 0.6) is 0 Å². The van der Waals surface area contributed by atoms with E-state index in [4.69, 9.17) is 4.98 Å². The monoisotopic (exact) mass is 397 g/mol. The molecule has 0 saturated carbocycles. The highest BCUT2D eigenvalue weighted by molar-refractivity contribution is 7.26. The summed E-state index contributed by atoms with van der Waals surface area (Å²) < 4.78 is 1.05. The topological polar surface area (TPSA) is 74.2 Å². The molecule has 2 N–H and O–H groups in total. The van der Waals surface area contributed by atoms with Gasteiger partial charge < -0.3 is 15.3 Å². The van der Waals surface area contributed by atoms with Gasteiger partial charge in [-0.1, -0.05) is 0 Å². The zero-order chi connectivity index (χ0) is 19.1. The molecule has 1 aliphatic carbocycles. The van der Waals surface area contributed by atoms with Crippen LogP contribution in [0.25, 0.3) is 20.4 Å². The van der Waals surface area contributed by atoms with Crippen molar-refractivity contribution in [2.75, 3.05) is 29.9 Å². The maximum absolute atomic E-state index is 9.43. The minimum Gasteiger partial charge on any atom is -0.394 e. The van der Waals surface area contributed by atoms with Gasteiger partial charge >= 0.3 is 0 Å². The molecule has 1 unspecified atom stereocenters. The average Bonchev–Trinajstić information content (AvgIpc) is 3.13. The first kappa shape index (κ1) is 18.1. The molecular formula is C21H27N5OS. The van der Waals surface area contributed by atoms with Crippen molar-refractivity contribution in [2.24, 2.45) is 0 Å². The summed E-state index contributed by atoms with van der Waals surface area (Å²) in [6.07, 6.45) is 10.2. The lowest BCUT2D eigenvalue weighted by atomic mass is 9.89. The second-order valence-corrected chi connectivity index (χ2v) is 9.06. The maximum Gasteiger partial charge on any atom is 0.147 e. The van der Waals surface area contributed by atoms with Crippen molar-refractivity contribution in [3.05, 3.63) is 17.5 Å². The summed E-state index contributed by atoms with van der Waals surface area (Å²) in [6, 6.07) is -0.0471. The van der Waals surface area contributed by atoms with Gasteiger partial charge in [0.2, 0.25) is 0 Å². The second-order valence-electron chi connectivity index (χ2n) is 8.06. The Morgan fingerprint density at radius 2 is 1.89 bits per heavy atom. The number of pyridine rings is 1. The highest BCUT2D eigenvalue weighted by Gasteiger charge is 2.26. The molecule has 1 saturated heterocycles. The van der Waals surface area contributed by atoms with Gasteiger partial charge in [0.25, 0.3) is 0 Å². The van der Waals surface area contributed by atoms with Crippen LogP contribution in [0, 0.1) is 0 Å². The van der Waals surface area contributed by atoms with Gasteiger partial charge in [-0.3, -0.25) is 0 Å². The Hall–Kier alpha value is -1.99. The summed E-state index contributed by atoms with van der Waals surface area (Å²) in [6.45, 7) is 4.27. The van der Waals surface area contributed by atoms with Crippen LogP contribution in [0.2, 0.25) is 0 Å². The van der Waals surface area contributed by atoms with Crippen LogP contribution in [0.15, 0.2) is 6.33 Å². The predicted molar refractivity (Wildman–Crippen MR) is 116 cm³/mol. The van der Waals surface area contributed by atoms with Crippen LogP contribution < -0.4 is 10.2 Å². The molecule has 2 aliphatic rings. The summed E-state index contributed by atoms with van der Waals surface area (Å²) >= 11 is 1.68. The minimum absolute atomic E-state index is 0.0471. The molecular weight excluding hydrogens is 370 g/mol. The third-order valence-electron chi connectivity index (χ3n) is 6.01. The van der Waals surface area contributed by atoms with Crippen molar-refractivity contribution in [3.63, 3.8) is 0 Å². The van der Waals surface area contributed by atoms with Crippen molar-refractivity contribution >= 4 is 43.4 Å². The lowest BCUT2D eigenvalue weighted by Crippen LogP contribution is -2.31. The third kappa shape index (κ3) is 3.01. The fourth-order valence-electron chi connectivity index (χ4n) is 4.59. The van der Waals surface area contributed by atoms with Gasteiger partial charge in [-0.15, -0.1) is 11.3 Å². The van der Waals surface area contributed by atoms with Gasteiger partial charge in [-0.2, -0.15) is 0 Å². The molecule has 1 atom stereocenters. The van der Waals surface area contributed by atoms with Crippen LogP contribution in [-0.2, 0) is 12.8 Å². The van der Waals surface area contributed by atoms with E-state index in [0.717, 1.165) is 46.8 Å². The quantitative estimate of drug-likeness (QED) is 0.695. The van der Waals surface area contributed by atoms with E-state index in [1.54, 1.807) is 17.7 Å². The highest BCUT2D eigenvalue weighted by atomic mass is 32.1. The molecule has 0 aromatic carbocycles. The lowest BCUT2D eigenvalue weighted by Gasteiger charge is -2.31. The SMILES string of the molecule is CC(CO)Nc1ncnc2c1sc1nc(N3CCCCC3)c3c(c12)CCCC3. The van der Waals surface area contributed by atoms with Crippen LogP contribution >= 0.6 is 11.3 Å². The number of aromatic nitrogens is 3. The lowest BCUT2D eigenvalue weighted by molar-refractivity contribution is 0.281. The van der Waals surface area contributed by atoms with Gasteiger partial charge in [0.05, 0.1) is 16.8 Å². The third-order valence-corrected chi connectivity index (χ3v) is 7.09. The first-order valence-electron chi connectivity index (χ1n) is 10.5. The molecule has 148 valence electrons. The van der Waals surface area contributed by atoms with E-state index in [-0.39, 0.29) is 12.6 Å². The van der Waals surface area contributed by atoms with E-state index < -0.39 is 0 Å². The van der Waals surface area contributed by atoms with Gasteiger partial charge in [0, 0.05) is 24.5 Å². The van der Waals surface area contributed by atoms with E-state index in [1.807, 2.05) is 6.92 Å². The van der Waals surface area contributed by atoms with Crippen LogP contribution in [0.1, 0.15) is 50.2 Å².